The van der Waals surface area contributed by atoms with Gasteiger partial charge in [0.1, 0.15) is 0 Å². The molecule has 108 valence electrons. The molecule has 1 aliphatic heterocycles. The molecule has 0 spiro atoms. The number of piperidine rings is 1. The molecule has 0 aliphatic carbocycles. The van der Waals surface area contributed by atoms with Gasteiger partial charge in [0.05, 0.1) is 6.54 Å². The lowest BCUT2D eigenvalue weighted by molar-refractivity contribution is 0.109. The Morgan fingerprint density at radius 1 is 1.20 bits per heavy atom. The predicted octanol–water partition coefficient (Wildman–Crippen LogP) is 3.01. The van der Waals surface area contributed by atoms with Crippen molar-refractivity contribution >= 4 is 0 Å². The van der Waals surface area contributed by atoms with Crippen LogP contribution in [-0.2, 0) is 6.54 Å². The fourth-order valence-corrected chi connectivity index (χ4v) is 2.71. The van der Waals surface area contributed by atoms with Crippen molar-refractivity contribution in [3.05, 3.63) is 35.4 Å². The van der Waals surface area contributed by atoms with Gasteiger partial charge >= 0.3 is 0 Å². The zero-order valence-corrected chi connectivity index (χ0v) is 12.8. The Balaban J connectivity index is 1.88. The fraction of sp³-hybridized carbons (Fsp3) is 0.556. The first kappa shape index (κ1) is 15.1. The van der Waals surface area contributed by atoms with Gasteiger partial charge in [0, 0.05) is 12.1 Å². The van der Waals surface area contributed by atoms with E-state index in [2.05, 4.69) is 54.9 Å². The molecule has 1 aromatic rings. The van der Waals surface area contributed by atoms with Crippen LogP contribution in [0.25, 0.3) is 0 Å². The van der Waals surface area contributed by atoms with Gasteiger partial charge in [-0.05, 0) is 49.0 Å². The minimum absolute atomic E-state index is 0.422. The van der Waals surface area contributed by atoms with E-state index in [4.69, 9.17) is 5.73 Å². The van der Waals surface area contributed by atoms with Crippen LogP contribution in [0.1, 0.15) is 44.2 Å². The van der Waals surface area contributed by atoms with Crippen LogP contribution in [0, 0.1) is 17.3 Å². The van der Waals surface area contributed by atoms with Gasteiger partial charge in [-0.15, -0.1) is 0 Å². The van der Waals surface area contributed by atoms with E-state index < -0.39 is 0 Å². The summed E-state index contributed by atoms with van der Waals surface area (Å²) in [5.74, 6) is 5.95. The molecular formula is C18H26N2. The molecule has 0 saturated carbocycles. The lowest BCUT2D eigenvalue weighted by atomic mass is 9.78. The first-order valence-corrected chi connectivity index (χ1v) is 7.65. The second-order valence-corrected chi connectivity index (χ2v) is 6.14. The molecule has 0 radical (unpaired) electrons. The Morgan fingerprint density at radius 2 is 1.85 bits per heavy atom. The van der Waals surface area contributed by atoms with E-state index in [1.165, 1.54) is 37.9 Å². The van der Waals surface area contributed by atoms with E-state index in [0.29, 0.717) is 12.0 Å². The zero-order chi connectivity index (χ0) is 14.4. The molecule has 0 bridgehead atoms. The SMILES string of the molecule is CCC1(C)CCN(Cc2ccc(C#CCN)cc2)CC1. The maximum atomic E-state index is 5.38. The van der Waals surface area contributed by atoms with Crippen molar-refractivity contribution in [1.29, 1.82) is 0 Å². The van der Waals surface area contributed by atoms with Crippen molar-refractivity contribution in [2.24, 2.45) is 11.1 Å². The van der Waals surface area contributed by atoms with E-state index in [9.17, 15) is 0 Å². The van der Waals surface area contributed by atoms with Crippen molar-refractivity contribution < 1.29 is 0 Å². The highest BCUT2D eigenvalue weighted by molar-refractivity contribution is 5.36. The van der Waals surface area contributed by atoms with Crippen LogP contribution in [0.3, 0.4) is 0 Å². The van der Waals surface area contributed by atoms with Gasteiger partial charge in [-0.25, -0.2) is 0 Å². The second kappa shape index (κ2) is 6.92. The highest BCUT2D eigenvalue weighted by atomic mass is 15.1. The molecular weight excluding hydrogens is 244 g/mol. The average Bonchev–Trinajstić information content (AvgIpc) is 2.49. The number of hydrogen-bond acceptors (Lipinski definition) is 2. The Kier molecular flexibility index (Phi) is 5.23. The molecule has 0 amide bonds. The standard InChI is InChI=1S/C18H26N2/c1-3-18(2)10-13-20(14-11-18)15-17-8-6-16(7-9-17)5-4-12-19/h6-9H,3,10-15,19H2,1-2H3. The third kappa shape index (κ3) is 4.10. The zero-order valence-electron chi connectivity index (χ0n) is 12.8. The topological polar surface area (TPSA) is 29.3 Å². The Bertz CT molecular complexity index is 470. The van der Waals surface area contributed by atoms with Crippen LogP contribution in [0.5, 0.6) is 0 Å². The molecule has 0 atom stereocenters. The van der Waals surface area contributed by atoms with Crippen molar-refractivity contribution in [3.63, 3.8) is 0 Å². The third-order valence-electron chi connectivity index (χ3n) is 4.61. The molecule has 2 nitrogen and oxygen atoms in total. The molecule has 0 unspecified atom stereocenters. The maximum Gasteiger partial charge on any atom is 0.0555 e. The van der Waals surface area contributed by atoms with Gasteiger partial charge in [0.25, 0.3) is 0 Å². The molecule has 1 aliphatic rings. The van der Waals surface area contributed by atoms with Crippen LogP contribution >= 0.6 is 0 Å². The largest absolute Gasteiger partial charge is 0.320 e. The maximum absolute atomic E-state index is 5.38. The smallest absolute Gasteiger partial charge is 0.0555 e. The van der Waals surface area contributed by atoms with Crippen molar-refractivity contribution in [3.8, 4) is 11.8 Å². The van der Waals surface area contributed by atoms with Crippen molar-refractivity contribution in [2.75, 3.05) is 19.6 Å². The number of benzene rings is 1. The summed E-state index contributed by atoms with van der Waals surface area (Å²) in [7, 11) is 0. The molecule has 1 saturated heterocycles. The van der Waals surface area contributed by atoms with Crippen molar-refractivity contribution in [2.45, 2.75) is 39.7 Å². The van der Waals surface area contributed by atoms with E-state index in [-0.39, 0.29) is 0 Å². The Hall–Kier alpha value is -1.30. The summed E-state index contributed by atoms with van der Waals surface area (Å²) in [5, 5.41) is 0. The molecule has 2 N–H and O–H groups in total. The summed E-state index contributed by atoms with van der Waals surface area (Å²) in [6.45, 7) is 8.67. The number of hydrogen-bond donors (Lipinski definition) is 1. The lowest BCUT2D eigenvalue weighted by Gasteiger charge is -2.39. The monoisotopic (exact) mass is 270 g/mol. The number of rotatable bonds is 3. The van der Waals surface area contributed by atoms with Gasteiger partial charge in [-0.3, -0.25) is 4.90 Å². The Morgan fingerprint density at radius 3 is 2.40 bits per heavy atom. The first-order valence-electron chi connectivity index (χ1n) is 7.65. The summed E-state index contributed by atoms with van der Waals surface area (Å²) in [6, 6.07) is 8.57. The number of likely N-dealkylation sites (tertiary alicyclic amines) is 1. The molecule has 20 heavy (non-hydrogen) atoms. The van der Waals surface area contributed by atoms with E-state index in [0.717, 1.165) is 12.1 Å². The predicted molar refractivity (Wildman–Crippen MR) is 85.3 cm³/mol. The quantitative estimate of drug-likeness (QED) is 0.856. The summed E-state index contributed by atoms with van der Waals surface area (Å²) >= 11 is 0. The summed E-state index contributed by atoms with van der Waals surface area (Å²) in [4.78, 5) is 2.57. The second-order valence-electron chi connectivity index (χ2n) is 6.14. The third-order valence-corrected chi connectivity index (χ3v) is 4.61. The normalized spacial score (nSPS) is 18.4. The number of nitrogens with two attached hydrogens (primary N) is 1. The summed E-state index contributed by atoms with van der Waals surface area (Å²) in [5.41, 5.74) is 8.38. The van der Waals surface area contributed by atoms with E-state index >= 15 is 0 Å². The molecule has 1 heterocycles. The van der Waals surface area contributed by atoms with Crippen LogP contribution in [-0.4, -0.2) is 24.5 Å². The van der Waals surface area contributed by atoms with Crippen molar-refractivity contribution in [1.82, 2.24) is 4.90 Å². The average molecular weight is 270 g/mol. The van der Waals surface area contributed by atoms with Crippen LogP contribution < -0.4 is 5.73 Å². The van der Waals surface area contributed by atoms with Crippen LogP contribution in [0.15, 0.2) is 24.3 Å². The van der Waals surface area contributed by atoms with Gasteiger partial charge < -0.3 is 5.73 Å². The minimum atomic E-state index is 0.422. The molecule has 1 aromatic carbocycles. The molecule has 2 heteroatoms. The minimum Gasteiger partial charge on any atom is -0.320 e. The van der Waals surface area contributed by atoms with Crippen LogP contribution in [0.4, 0.5) is 0 Å². The van der Waals surface area contributed by atoms with Gasteiger partial charge in [-0.1, -0.05) is 44.2 Å². The highest BCUT2D eigenvalue weighted by Gasteiger charge is 2.27. The van der Waals surface area contributed by atoms with Gasteiger partial charge in [0.2, 0.25) is 0 Å². The number of nitrogens with zero attached hydrogens (tertiary/aromatic N) is 1. The highest BCUT2D eigenvalue weighted by Crippen LogP contribution is 2.34. The lowest BCUT2D eigenvalue weighted by Crippen LogP contribution is -2.37. The summed E-state index contributed by atoms with van der Waals surface area (Å²) in [6.07, 6.45) is 3.95. The Labute approximate surface area is 123 Å². The molecule has 0 aromatic heterocycles. The molecule has 1 fully saturated rings. The van der Waals surface area contributed by atoms with Gasteiger partial charge in [0.15, 0.2) is 0 Å². The van der Waals surface area contributed by atoms with E-state index in [1.807, 2.05) is 0 Å². The van der Waals surface area contributed by atoms with Crippen LogP contribution in [0.2, 0.25) is 0 Å². The first-order chi connectivity index (χ1) is 9.65. The summed E-state index contributed by atoms with van der Waals surface area (Å²) < 4.78 is 0. The fourth-order valence-electron chi connectivity index (χ4n) is 2.71. The van der Waals surface area contributed by atoms with Gasteiger partial charge in [-0.2, -0.15) is 0 Å². The van der Waals surface area contributed by atoms with E-state index in [1.54, 1.807) is 0 Å². The molecule has 2 rings (SSSR count).